The average molecular weight is 431 g/mol. The topological polar surface area (TPSA) is 105 Å². The molecule has 7 nitrogen and oxygen atoms in total. The van der Waals surface area contributed by atoms with Crippen molar-refractivity contribution in [3.05, 3.63) is 59.7 Å². The zero-order chi connectivity index (χ0) is 21.0. The molecule has 0 saturated heterocycles. The van der Waals surface area contributed by atoms with Gasteiger partial charge in [0.2, 0.25) is 11.8 Å². The highest BCUT2D eigenvalue weighted by atomic mass is 35.5. The number of nitrogens with two attached hydrogens (primary N) is 1. The van der Waals surface area contributed by atoms with Crippen molar-refractivity contribution in [2.24, 2.45) is 11.7 Å². The molecule has 0 spiro atoms. The van der Waals surface area contributed by atoms with Crippen LogP contribution in [-0.4, -0.2) is 36.9 Å². The molecule has 4 N–H and O–H groups in total. The Morgan fingerprint density at radius 2 is 1.73 bits per heavy atom. The fourth-order valence-electron chi connectivity index (χ4n) is 3.19. The third-order valence-corrected chi connectivity index (χ3v) is 4.99. The molecule has 2 aromatic carbocycles. The summed E-state index contributed by atoms with van der Waals surface area (Å²) in [5, 5.41) is 5.22. The first-order valence-corrected chi connectivity index (χ1v) is 9.70. The number of rotatable bonds is 6. The third-order valence-electron chi connectivity index (χ3n) is 4.99. The van der Waals surface area contributed by atoms with Gasteiger partial charge in [0.1, 0.15) is 0 Å². The molecule has 3 rings (SSSR count). The lowest BCUT2D eigenvalue weighted by Crippen LogP contribution is -2.46. The van der Waals surface area contributed by atoms with Crippen LogP contribution in [0.2, 0.25) is 0 Å². The van der Waals surface area contributed by atoms with Gasteiger partial charge in [0.05, 0.1) is 12.6 Å². The highest BCUT2D eigenvalue weighted by Gasteiger charge is 2.25. The third kappa shape index (κ3) is 5.37. The summed E-state index contributed by atoms with van der Waals surface area (Å²) in [7, 11) is 0. The quantitative estimate of drug-likeness (QED) is 0.654. The standard InChI is InChI=1S/C22H26N4O3.ClH/c1-14(2)20(23)21(28)24-13-19(27)25-17-9-7-16(8-10-17)22(29)26-12-11-15-5-3-4-6-18(15)26;/h3-10,14,20H,11-13,23H2,1-2H3,(H,24,28)(H,25,27);1H/t20-;/m0./s1. The number of para-hydroxylation sites is 1. The average Bonchev–Trinajstić information content (AvgIpc) is 3.15. The van der Waals surface area contributed by atoms with Gasteiger partial charge in [0.25, 0.3) is 5.91 Å². The summed E-state index contributed by atoms with van der Waals surface area (Å²) < 4.78 is 0. The minimum atomic E-state index is -0.649. The summed E-state index contributed by atoms with van der Waals surface area (Å²) >= 11 is 0. The predicted octanol–water partition coefficient (Wildman–Crippen LogP) is 2.35. The van der Waals surface area contributed by atoms with Crippen LogP contribution in [0.1, 0.15) is 29.8 Å². The van der Waals surface area contributed by atoms with E-state index in [9.17, 15) is 14.4 Å². The van der Waals surface area contributed by atoms with Crippen LogP contribution in [0.3, 0.4) is 0 Å². The van der Waals surface area contributed by atoms with E-state index in [4.69, 9.17) is 5.73 Å². The molecule has 3 amide bonds. The van der Waals surface area contributed by atoms with Crippen molar-refractivity contribution in [1.82, 2.24) is 5.32 Å². The zero-order valence-electron chi connectivity index (χ0n) is 17.1. The first-order chi connectivity index (χ1) is 13.9. The fourth-order valence-corrected chi connectivity index (χ4v) is 3.19. The number of nitrogens with zero attached hydrogens (tertiary/aromatic N) is 1. The summed E-state index contributed by atoms with van der Waals surface area (Å²) in [6.07, 6.45) is 0.849. The number of benzene rings is 2. The SMILES string of the molecule is CC(C)[C@H](N)C(=O)NCC(=O)Nc1ccc(C(=O)N2CCc3ccccc32)cc1.Cl. The van der Waals surface area contributed by atoms with Gasteiger partial charge in [-0.3, -0.25) is 14.4 Å². The van der Waals surface area contributed by atoms with E-state index in [1.54, 1.807) is 29.2 Å². The van der Waals surface area contributed by atoms with Crippen molar-refractivity contribution in [2.45, 2.75) is 26.3 Å². The van der Waals surface area contributed by atoms with E-state index in [1.807, 2.05) is 38.1 Å². The molecule has 0 aromatic heterocycles. The summed E-state index contributed by atoms with van der Waals surface area (Å²) in [6, 6.07) is 14.0. The summed E-state index contributed by atoms with van der Waals surface area (Å²) in [6.45, 7) is 4.18. The Labute approximate surface area is 182 Å². The molecule has 1 heterocycles. The van der Waals surface area contributed by atoms with E-state index < -0.39 is 6.04 Å². The maximum Gasteiger partial charge on any atom is 0.258 e. The number of halogens is 1. The molecule has 0 aliphatic carbocycles. The molecule has 8 heteroatoms. The van der Waals surface area contributed by atoms with Gasteiger partial charge in [-0.25, -0.2) is 0 Å². The van der Waals surface area contributed by atoms with Crippen molar-refractivity contribution in [3.8, 4) is 0 Å². The van der Waals surface area contributed by atoms with Crippen LogP contribution in [0.25, 0.3) is 0 Å². The van der Waals surface area contributed by atoms with Crippen molar-refractivity contribution in [2.75, 3.05) is 23.3 Å². The lowest BCUT2D eigenvalue weighted by atomic mass is 10.1. The molecule has 30 heavy (non-hydrogen) atoms. The first-order valence-electron chi connectivity index (χ1n) is 9.70. The zero-order valence-corrected chi connectivity index (χ0v) is 17.9. The van der Waals surface area contributed by atoms with E-state index >= 15 is 0 Å². The Morgan fingerprint density at radius 1 is 1.07 bits per heavy atom. The molecular formula is C22H27ClN4O3. The molecule has 1 aliphatic heterocycles. The van der Waals surface area contributed by atoms with Crippen LogP contribution in [0.4, 0.5) is 11.4 Å². The van der Waals surface area contributed by atoms with Gasteiger partial charge in [0.15, 0.2) is 0 Å². The van der Waals surface area contributed by atoms with Crippen LogP contribution >= 0.6 is 12.4 Å². The predicted molar refractivity (Wildman–Crippen MR) is 120 cm³/mol. The fraction of sp³-hybridized carbons (Fsp3) is 0.318. The van der Waals surface area contributed by atoms with Gasteiger partial charge >= 0.3 is 0 Å². The largest absolute Gasteiger partial charge is 0.346 e. The second-order valence-corrected chi connectivity index (χ2v) is 7.45. The molecule has 160 valence electrons. The number of nitrogens with one attached hydrogen (secondary N) is 2. The molecule has 1 atom stereocenters. The smallest absolute Gasteiger partial charge is 0.258 e. The lowest BCUT2D eigenvalue weighted by Gasteiger charge is -2.17. The van der Waals surface area contributed by atoms with Gasteiger partial charge < -0.3 is 21.3 Å². The van der Waals surface area contributed by atoms with E-state index in [0.717, 1.165) is 12.1 Å². The molecule has 0 fully saturated rings. The second-order valence-electron chi connectivity index (χ2n) is 7.45. The van der Waals surface area contributed by atoms with Gasteiger partial charge in [0, 0.05) is 23.5 Å². The molecular weight excluding hydrogens is 404 g/mol. The van der Waals surface area contributed by atoms with Crippen LogP contribution in [0.15, 0.2) is 48.5 Å². The van der Waals surface area contributed by atoms with E-state index in [0.29, 0.717) is 17.8 Å². The minimum absolute atomic E-state index is 0. The van der Waals surface area contributed by atoms with Crippen molar-refractivity contribution in [1.29, 1.82) is 0 Å². The van der Waals surface area contributed by atoms with Gasteiger partial charge in [-0.15, -0.1) is 12.4 Å². The van der Waals surface area contributed by atoms with E-state index in [1.165, 1.54) is 5.56 Å². The number of anilines is 2. The maximum absolute atomic E-state index is 12.8. The lowest BCUT2D eigenvalue weighted by molar-refractivity contribution is -0.125. The number of carbonyl (C=O) groups excluding carboxylic acids is 3. The number of carbonyl (C=O) groups is 3. The summed E-state index contributed by atoms with van der Waals surface area (Å²) in [5.74, 6) is -0.794. The van der Waals surface area contributed by atoms with Gasteiger partial charge in [-0.2, -0.15) is 0 Å². The van der Waals surface area contributed by atoms with Gasteiger partial charge in [-0.05, 0) is 48.2 Å². The molecule has 0 saturated carbocycles. The number of hydrogen-bond acceptors (Lipinski definition) is 4. The molecule has 0 bridgehead atoms. The Morgan fingerprint density at radius 3 is 2.40 bits per heavy atom. The number of hydrogen-bond donors (Lipinski definition) is 3. The first kappa shape index (κ1) is 23.4. The molecule has 2 aromatic rings. The minimum Gasteiger partial charge on any atom is -0.346 e. The molecule has 0 unspecified atom stereocenters. The highest BCUT2D eigenvalue weighted by Crippen LogP contribution is 2.29. The van der Waals surface area contributed by atoms with Crippen molar-refractivity contribution in [3.63, 3.8) is 0 Å². The summed E-state index contributed by atoms with van der Waals surface area (Å²) in [5.41, 5.74) is 8.97. The monoisotopic (exact) mass is 430 g/mol. The Hall–Kier alpha value is -2.90. The number of amides is 3. The van der Waals surface area contributed by atoms with E-state index in [-0.39, 0.29) is 42.6 Å². The Kier molecular flexibility index (Phi) is 7.97. The molecule has 1 aliphatic rings. The van der Waals surface area contributed by atoms with Crippen LogP contribution in [-0.2, 0) is 16.0 Å². The summed E-state index contributed by atoms with van der Waals surface area (Å²) in [4.78, 5) is 38.4. The normalized spacial score (nSPS) is 13.3. The van der Waals surface area contributed by atoms with E-state index in [2.05, 4.69) is 10.6 Å². The van der Waals surface area contributed by atoms with Crippen molar-refractivity contribution >= 4 is 41.5 Å². The maximum atomic E-state index is 12.8. The Balaban J connectivity index is 0.00000320. The van der Waals surface area contributed by atoms with Crippen molar-refractivity contribution < 1.29 is 14.4 Å². The highest BCUT2D eigenvalue weighted by molar-refractivity contribution is 6.07. The van der Waals surface area contributed by atoms with Gasteiger partial charge in [-0.1, -0.05) is 32.0 Å². The second kappa shape index (κ2) is 10.2. The van der Waals surface area contributed by atoms with Crippen LogP contribution < -0.4 is 21.3 Å². The number of fused-ring (bicyclic) bond motifs is 1. The van der Waals surface area contributed by atoms with Crippen LogP contribution in [0, 0.1) is 5.92 Å². The molecule has 0 radical (unpaired) electrons. The van der Waals surface area contributed by atoms with Crippen LogP contribution in [0.5, 0.6) is 0 Å². The Bertz CT molecular complexity index is 915.